The van der Waals surface area contributed by atoms with Crippen molar-refractivity contribution in [1.29, 1.82) is 0 Å². The molecule has 1 aliphatic carbocycles. The zero-order chi connectivity index (χ0) is 20.8. The van der Waals surface area contributed by atoms with E-state index in [0.717, 1.165) is 69.6 Å². The zero-order valence-electron chi connectivity index (χ0n) is 18.7. The lowest BCUT2D eigenvalue weighted by Gasteiger charge is -2.35. The average Bonchev–Trinajstić information content (AvgIpc) is 3.58. The number of hydrogen-bond donors (Lipinski definition) is 1. The number of ether oxygens (including phenoxy) is 2. The summed E-state index contributed by atoms with van der Waals surface area (Å²) in [6.45, 7) is 7.48. The molecule has 1 aromatic carbocycles. The van der Waals surface area contributed by atoms with Gasteiger partial charge in [-0.2, -0.15) is 0 Å². The molecule has 2 aliphatic heterocycles. The number of nitrogens with zero attached hydrogens (tertiary/aromatic N) is 2. The zero-order valence-corrected chi connectivity index (χ0v) is 21.7. The van der Waals surface area contributed by atoms with Crippen LogP contribution in [-0.2, 0) is 14.9 Å². The second-order valence-corrected chi connectivity index (χ2v) is 9.41. The second-order valence-electron chi connectivity index (χ2n) is 8.97. The molecule has 1 atom stereocenters. The first-order valence-electron chi connectivity index (χ1n) is 11.7. The van der Waals surface area contributed by atoms with Crippen LogP contribution < -0.4 is 5.32 Å². The Bertz CT molecular complexity index is 715. The van der Waals surface area contributed by atoms with Crippen molar-refractivity contribution < 1.29 is 9.47 Å². The van der Waals surface area contributed by atoms with Gasteiger partial charge >= 0.3 is 0 Å². The predicted octanol–water partition coefficient (Wildman–Crippen LogP) is 5.01. The number of hydrogen-bond acceptors (Lipinski definition) is 3. The molecule has 1 aromatic rings. The minimum Gasteiger partial charge on any atom is -0.376 e. The molecular weight excluding hydrogens is 525 g/mol. The van der Waals surface area contributed by atoms with Gasteiger partial charge in [0.2, 0.25) is 0 Å². The fourth-order valence-corrected chi connectivity index (χ4v) is 4.77. The van der Waals surface area contributed by atoms with Crippen LogP contribution in [-0.4, -0.2) is 62.5 Å². The second kappa shape index (κ2) is 12.1. The maximum absolute atomic E-state index is 6.23. The lowest BCUT2D eigenvalue weighted by Crippen LogP contribution is -2.47. The molecule has 2 heterocycles. The number of likely N-dealkylation sites (tertiary alicyclic amines) is 1. The van der Waals surface area contributed by atoms with Crippen LogP contribution in [0, 0.1) is 0 Å². The summed E-state index contributed by atoms with van der Waals surface area (Å²) in [5.74, 6) is 1.04. The molecule has 1 N–H and O–H groups in total. The molecule has 4 rings (SSSR count). The highest BCUT2D eigenvalue weighted by Crippen LogP contribution is 2.48. The summed E-state index contributed by atoms with van der Waals surface area (Å²) in [6, 6.07) is 8.30. The van der Waals surface area contributed by atoms with E-state index >= 15 is 0 Å². The number of halogens is 2. The Balaban J connectivity index is 0.00000272. The Hall–Kier alpha value is -0.570. The first-order valence-corrected chi connectivity index (χ1v) is 12.1. The molecule has 0 spiro atoms. The van der Waals surface area contributed by atoms with Crippen molar-refractivity contribution in [2.75, 3.05) is 39.4 Å². The largest absolute Gasteiger partial charge is 0.376 e. The summed E-state index contributed by atoms with van der Waals surface area (Å²) in [7, 11) is 0. The molecule has 0 bridgehead atoms. The molecule has 1 unspecified atom stereocenters. The van der Waals surface area contributed by atoms with Gasteiger partial charge in [0.15, 0.2) is 5.96 Å². The van der Waals surface area contributed by atoms with E-state index in [0.29, 0.717) is 12.2 Å². The van der Waals surface area contributed by atoms with Gasteiger partial charge in [0.25, 0.3) is 0 Å². The summed E-state index contributed by atoms with van der Waals surface area (Å²) in [4.78, 5) is 7.45. The van der Waals surface area contributed by atoms with Gasteiger partial charge in [-0.05, 0) is 69.6 Å². The lowest BCUT2D eigenvalue weighted by atomic mass is 9.96. The molecular formula is C24H37ClIN3O2. The SMILES string of the molecule is CCNC(=NCC1(c2cccc(Cl)c2)CC1)N1CCC(OCC2CCCCO2)CC1.I. The van der Waals surface area contributed by atoms with Gasteiger partial charge in [0.05, 0.1) is 25.4 Å². The van der Waals surface area contributed by atoms with E-state index in [1.54, 1.807) is 0 Å². The summed E-state index contributed by atoms with van der Waals surface area (Å²) in [5.41, 5.74) is 1.50. The lowest BCUT2D eigenvalue weighted by molar-refractivity contribution is -0.0721. The van der Waals surface area contributed by atoms with Crippen LogP contribution in [0.15, 0.2) is 29.3 Å². The Kier molecular flexibility index (Phi) is 9.74. The van der Waals surface area contributed by atoms with Gasteiger partial charge in [0, 0.05) is 36.7 Å². The van der Waals surface area contributed by atoms with Crippen LogP contribution in [0.3, 0.4) is 0 Å². The third-order valence-corrected chi connectivity index (χ3v) is 6.93. The molecule has 174 valence electrons. The van der Waals surface area contributed by atoms with Crippen molar-refractivity contribution in [3.8, 4) is 0 Å². The molecule has 0 amide bonds. The molecule has 5 nitrogen and oxygen atoms in total. The van der Waals surface area contributed by atoms with Crippen molar-refractivity contribution in [2.24, 2.45) is 4.99 Å². The topological polar surface area (TPSA) is 46.1 Å². The van der Waals surface area contributed by atoms with Crippen LogP contribution in [0.1, 0.15) is 57.4 Å². The Morgan fingerprint density at radius 3 is 2.71 bits per heavy atom. The average molecular weight is 562 g/mol. The van der Waals surface area contributed by atoms with Crippen LogP contribution >= 0.6 is 35.6 Å². The number of rotatable bonds is 7. The van der Waals surface area contributed by atoms with E-state index in [1.165, 1.54) is 31.2 Å². The highest BCUT2D eigenvalue weighted by Gasteiger charge is 2.44. The number of aliphatic imine (C=N–C) groups is 1. The smallest absolute Gasteiger partial charge is 0.193 e. The third kappa shape index (κ3) is 6.95. The fourth-order valence-electron chi connectivity index (χ4n) is 4.58. The van der Waals surface area contributed by atoms with Crippen LogP contribution in [0.5, 0.6) is 0 Å². The highest BCUT2D eigenvalue weighted by atomic mass is 127. The molecule has 3 fully saturated rings. The monoisotopic (exact) mass is 561 g/mol. The van der Waals surface area contributed by atoms with E-state index in [9.17, 15) is 0 Å². The molecule has 31 heavy (non-hydrogen) atoms. The van der Waals surface area contributed by atoms with Crippen LogP contribution in [0.4, 0.5) is 0 Å². The summed E-state index contributed by atoms with van der Waals surface area (Å²) in [5, 5.41) is 4.32. The molecule has 0 aromatic heterocycles. The van der Waals surface area contributed by atoms with Gasteiger partial charge in [0.1, 0.15) is 0 Å². The summed E-state index contributed by atoms with van der Waals surface area (Å²) >= 11 is 6.23. The van der Waals surface area contributed by atoms with Crippen molar-refractivity contribution in [2.45, 2.75) is 69.5 Å². The van der Waals surface area contributed by atoms with Crippen LogP contribution in [0.25, 0.3) is 0 Å². The Morgan fingerprint density at radius 2 is 2.06 bits per heavy atom. The van der Waals surface area contributed by atoms with Crippen molar-refractivity contribution in [1.82, 2.24) is 10.2 Å². The molecule has 0 radical (unpaired) electrons. The first-order chi connectivity index (χ1) is 14.7. The quantitative estimate of drug-likeness (QED) is 0.289. The van der Waals surface area contributed by atoms with E-state index in [4.69, 9.17) is 26.1 Å². The minimum atomic E-state index is 0. The molecule has 2 saturated heterocycles. The number of benzene rings is 1. The number of guanidine groups is 1. The van der Waals surface area contributed by atoms with Gasteiger partial charge in [-0.25, -0.2) is 0 Å². The summed E-state index contributed by atoms with van der Waals surface area (Å²) < 4.78 is 12.0. The van der Waals surface area contributed by atoms with Crippen LogP contribution in [0.2, 0.25) is 5.02 Å². The van der Waals surface area contributed by atoms with Crippen molar-refractivity contribution in [3.05, 3.63) is 34.9 Å². The van der Waals surface area contributed by atoms with Gasteiger partial charge in [-0.3, -0.25) is 4.99 Å². The van der Waals surface area contributed by atoms with Gasteiger partial charge in [-0.1, -0.05) is 23.7 Å². The minimum absolute atomic E-state index is 0. The standard InChI is InChI=1S/C24H36ClN3O2.HI/c1-2-26-23(27-18-24(11-12-24)19-6-5-7-20(25)16-19)28-13-9-21(10-14-28)30-17-22-8-3-4-15-29-22;/h5-7,16,21-22H,2-4,8-15,17-18H2,1H3,(H,26,27);1H. The predicted molar refractivity (Wildman–Crippen MR) is 138 cm³/mol. The fraction of sp³-hybridized carbons (Fsp3) is 0.708. The van der Waals surface area contributed by atoms with Gasteiger partial charge < -0.3 is 19.7 Å². The third-order valence-electron chi connectivity index (χ3n) is 6.69. The number of nitrogens with one attached hydrogen (secondary N) is 1. The van der Waals surface area contributed by atoms with Crippen molar-refractivity contribution >= 4 is 41.5 Å². The highest BCUT2D eigenvalue weighted by molar-refractivity contribution is 14.0. The maximum Gasteiger partial charge on any atom is 0.193 e. The first kappa shape index (κ1) is 25.1. The normalized spacial score (nSPS) is 23.9. The Labute approximate surface area is 209 Å². The van der Waals surface area contributed by atoms with Gasteiger partial charge in [-0.15, -0.1) is 24.0 Å². The van der Waals surface area contributed by atoms with E-state index in [1.807, 2.05) is 6.07 Å². The number of piperidine rings is 1. The Morgan fingerprint density at radius 1 is 1.26 bits per heavy atom. The molecule has 1 saturated carbocycles. The van der Waals surface area contributed by atoms with E-state index < -0.39 is 0 Å². The van der Waals surface area contributed by atoms with E-state index in [2.05, 4.69) is 35.3 Å². The molecule has 7 heteroatoms. The van der Waals surface area contributed by atoms with E-state index in [-0.39, 0.29) is 29.4 Å². The summed E-state index contributed by atoms with van der Waals surface area (Å²) in [6.07, 6.45) is 8.74. The molecule has 3 aliphatic rings. The van der Waals surface area contributed by atoms with Crippen molar-refractivity contribution in [3.63, 3.8) is 0 Å². The maximum atomic E-state index is 6.23.